The van der Waals surface area contributed by atoms with E-state index in [2.05, 4.69) is 46.7 Å². The standard InChI is InChI=1S/C23H21N3O2/c1-15-8-10-17(11-9-15)18-12-13-20-21(14-18)25-26-22(20)24-23(27)16(2)28-19-6-4-3-5-7-19/h3-14,16H,1-2H3,(H2,24,25,26,27). The van der Waals surface area contributed by atoms with Crippen molar-refractivity contribution in [1.82, 2.24) is 10.2 Å². The second-order valence-electron chi connectivity index (χ2n) is 6.76. The summed E-state index contributed by atoms with van der Waals surface area (Å²) in [6.07, 6.45) is -0.638. The Hall–Kier alpha value is -3.60. The number of hydrogen-bond donors (Lipinski definition) is 2. The van der Waals surface area contributed by atoms with Crippen LogP contribution >= 0.6 is 0 Å². The summed E-state index contributed by atoms with van der Waals surface area (Å²) in [6.45, 7) is 3.78. The zero-order valence-electron chi connectivity index (χ0n) is 15.8. The number of hydrogen-bond acceptors (Lipinski definition) is 3. The molecule has 1 aromatic heterocycles. The Morgan fingerprint density at radius 2 is 1.71 bits per heavy atom. The number of H-pyrrole nitrogens is 1. The number of nitrogens with one attached hydrogen (secondary N) is 2. The van der Waals surface area contributed by atoms with Crippen LogP contribution in [0.1, 0.15) is 12.5 Å². The van der Waals surface area contributed by atoms with E-state index >= 15 is 0 Å². The van der Waals surface area contributed by atoms with E-state index in [4.69, 9.17) is 4.74 Å². The molecule has 0 bridgehead atoms. The summed E-state index contributed by atoms with van der Waals surface area (Å²) >= 11 is 0. The fraction of sp³-hybridized carbons (Fsp3) is 0.130. The molecule has 4 rings (SSSR count). The Kier molecular flexibility index (Phi) is 4.81. The summed E-state index contributed by atoms with van der Waals surface area (Å²) in [5.74, 6) is 0.901. The summed E-state index contributed by atoms with van der Waals surface area (Å²) in [5, 5.41) is 11.0. The van der Waals surface area contributed by atoms with Gasteiger partial charge in [-0.3, -0.25) is 9.89 Å². The highest BCUT2D eigenvalue weighted by Crippen LogP contribution is 2.27. The fourth-order valence-corrected chi connectivity index (χ4v) is 3.02. The van der Waals surface area contributed by atoms with Crippen molar-refractivity contribution in [2.75, 3.05) is 5.32 Å². The van der Waals surface area contributed by atoms with Crippen LogP contribution in [0.5, 0.6) is 5.75 Å². The van der Waals surface area contributed by atoms with Gasteiger partial charge in [0.25, 0.3) is 5.91 Å². The molecule has 1 unspecified atom stereocenters. The molecule has 0 aliphatic heterocycles. The Morgan fingerprint density at radius 3 is 2.46 bits per heavy atom. The number of aromatic amines is 1. The highest BCUT2D eigenvalue weighted by Gasteiger charge is 2.17. The van der Waals surface area contributed by atoms with Crippen LogP contribution in [-0.4, -0.2) is 22.2 Å². The number of benzene rings is 3. The number of aryl methyl sites for hydroxylation is 1. The maximum Gasteiger partial charge on any atom is 0.266 e. The Balaban J connectivity index is 1.51. The van der Waals surface area contributed by atoms with Crippen molar-refractivity contribution in [1.29, 1.82) is 0 Å². The topological polar surface area (TPSA) is 67.0 Å². The Labute approximate surface area is 163 Å². The van der Waals surface area contributed by atoms with Gasteiger partial charge in [0.15, 0.2) is 11.9 Å². The van der Waals surface area contributed by atoms with Gasteiger partial charge in [-0.15, -0.1) is 0 Å². The van der Waals surface area contributed by atoms with Gasteiger partial charge < -0.3 is 10.1 Å². The predicted octanol–water partition coefficient (Wildman–Crippen LogP) is 4.94. The molecule has 4 aromatic rings. The normalized spacial score (nSPS) is 11.9. The molecule has 0 aliphatic rings. The second-order valence-corrected chi connectivity index (χ2v) is 6.76. The van der Waals surface area contributed by atoms with Crippen LogP contribution in [0.15, 0.2) is 72.8 Å². The highest BCUT2D eigenvalue weighted by atomic mass is 16.5. The van der Waals surface area contributed by atoms with E-state index in [-0.39, 0.29) is 5.91 Å². The lowest BCUT2D eigenvalue weighted by molar-refractivity contribution is -0.122. The van der Waals surface area contributed by atoms with Gasteiger partial charge in [0.05, 0.1) is 5.52 Å². The van der Waals surface area contributed by atoms with Crippen molar-refractivity contribution in [3.05, 3.63) is 78.4 Å². The van der Waals surface area contributed by atoms with Gasteiger partial charge in [0.2, 0.25) is 0 Å². The lowest BCUT2D eigenvalue weighted by atomic mass is 10.0. The Bertz CT molecular complexity index is 1100. The van der Waals surface area contributed by atoms with E-state index in [9.17, 15) is 4.79 Å². The zero-order valence-corrected chi connectivity index (χ0v) is 15.8. The number of anilines is 1. The molecule has 2 N–H and O–H groups in total. The number of amides is 1. The van der Waals surface area contributed by atoms with E-state index in [1.807, 2.05) is 48.5 Å². The van der Waals surface area contributed by atoms with Crippen molar-refractivity contribution < 1.29 is 9.53 Å². The predicted molar refractivity (Wildman–Crippen MR) is 111 cm³/mol. The van der Waals surface area contributed by atoms with E-state index in [1.54, 1.807) is 6.92 Å². The van der Waals surface area contributed by atoms with Crippen molar-refractivity contribution in [3.8, 4) is 16.9 Å². The molecular formula is C23H21N3O2. The van der Waals surface area contributed by atoms with E-state index < -0.39 is 6.10 Å². The molecular weight excluding hydrogens is 350 g/mol. The minimum atomic E-state index is -0.638. The lowest BCUT2D eigenvalue weighted by Gasteiger charge is -2.13. The van der Waals surface area contributed by atoms with Crippen molar-refractivity contribution in [2.24, 2.45) is 0 Å². The number of nitrogens with zero attached hydrogens (tertiary/aromatic N) is 1. The molecule has 1 atom stereocenters. The first-order valence-corrected chi connectivity index (χ1v) is 9.18. The van der Waals surface area contributed by atoms with Crippen LogP contribution in [0.4, 0.5) is 5.82 Å². The first-order chi connectivity index (χ1) is 13.6. The average molecular weight is 371 g/mol. The molecule has 140 valence electrons. The van der Waals surface area contributed by atoms with Crippen LogP contribution < -0.4 is 10.1 Å². The smallest absolute Gasteiger partial charge is 0.266 e. The molecule has 0 saturated heterocycles. The third-order valence-electron chi connectivity index (χ3n) is 4.61. The maximum atomic E-state index is 12.5. The second kappa shape index (κ2) is 7.56. The van der Waals surface area contributed by atoms with Gasteiger partial charge in [0, 0.05) is 5.39 Å². The summed E-state index contributed by atoms with van der Waals surface area (Å²) in [7, 11) is 0. The van der Waals surface area contributed by atoms with Gasteiger partial charge in [-0.25, -0.2) is 0 Å². The monoisotopic (exact) mass is 371 g/mol. The number of carbonyl (C=O) groups excluding carboxylic acids is 1. The number of rotatable bonds is 5. The van der Waals surface area contributed by atoms with Crippen LogP contribution in [0.3, 0.4) is 0 Å². The van der Waals surface area contributed by atoms with E-state index in [1.165, 1.54) is 5.56 Å². The van der Waals surface area contributed by atoms with Crippen LogP contribution in [0, 0.1) is 6.92 Å². The van der Waals surface area contributed by atoms with Crippen molar-refractivity contribution in [3.63, 3.8) is 0 Å². The zero-order chi connectivity index (χ0) is 19.5. The molecule has 0 saturated carbocycles. The quantitative estimate of drug-likeness (QED) is 0.522. The molecule has 5 heteroatoms. The maximum absolute atomic E-state index is 12.5. The molecule has 1 amide bonds. The first-order valence-electron chi connectivity index (χ1n) is 9.18. The number of aromatic nitrogens is 2. The number of fused-ring (bicyclic) bond motifs is 1. The highest BCUT2D eigenvalue weighted by molar-refractivity contribution is 6.02. The molecule has 3 aromatic carbocycles. The third kappa shape index (κ3) is 3.74. The SMILES string of the molecule is Cc1ccc(-c2ccc3c(NC(=O)C(C)Oc4ccccc4)n[nH]c3c2)cc1. The number of carbonyl (C=O) groups is 1. The van der Waals surface area contributed by atoms with Crippen LogP contribution in [0.25, 0.3) is 22.0 Å². The molecule has 1 heterocycles. The van der Waals surface area contributed by atoms with Crippen molar-refractivity contribution in [2.45, 2.75) is 20.0 Å². The van der Waals surface area contributed by atoms with E-state index in [0.29, 0.717) is 11.6 Å². The van der Waals surface area contributed by atoms with Gasteiger partial charge >= 0.3 is 0 Å². The molecule has 0 spiro atoms. The molecule has 0 radical (unpaired) electrons. The number of ether oxygens (including phenoxy) is 1. The van der Waals surface area contributed by atoms with Crippen molar-refractivity contribution >= 4 is 22.6 Å². The molecule has 5 nitrogen and oxygen atoms in total. The molecule has 0 aliphatic carbocycles. The summed E-state index contributed by atoms with van der Waals surface area (Å²) in [6, 6.07) is 23.7. The van der Waals surface area contributed by atoms with Gasteiger partial charge in [-0.2, -0.15) is 5.10 Å². The lowest BCUT2D eigenvalue weighted by Crippen LogP contribution is -2.30. The number of para-hydroxylation sites is 1. The Morgan fingerprint density at radius 1 is 1.00 bits per heavy atom. The fourth-order valence-electron chi connectivity index (χ4n) is 3.02. The van der Waals surface area contributed by atoms with E-state index in [0.717, 1.165) is 22.0 Å². The van der Waals surface area contributed by atoms with Crippen LogP contribution in [-0.2, 0) is 4.79 Å². The summed E-state index contributed by atoms with van der Waals surface area (Å²) in [4.78, 5) is 12.5. The molecule has 28 heavy (non-hydrogen) atoms. The van der Waals surface area contributed by atoms with Gasteiger partial charge in [-0.05, 0) is 49.2 Å². The first kappa shape index (κ1) is 17.8. The van der Waals surface area contributed by atoms with Gasteiger partial charge in [-0.1, -0.05) is 54.1 Å². The minimum absolute atomic E-state index is 0.250. The van der Waals surface area contributed by atoms with Gasteiger partial charge in [0.1, 0.15) is 5.75 Å². The largest absolute Gasteiger partial charge is 0.481 e. The summed E-state index contributed by atoms with van der Waals surface area (Å²) < 4.78 is 5.67. The minimum Gasteiger partial charge on any atom is -0.481 e. The third-order valence-corrected chi connectivity index (χ3v) is 4.61. The average Bonchev–Trinajstić information content (AvgIpc) is 3.11. The summed E-state index contributed by atoms with van der Waals surface area (Å²) in [5.41, 5.74) is 4.32. The molecule has 0 fully saturated rings. The van der Waals surface area contributed by atoms with Crippen LogP contribution in [0.2, 0.25) is 0 Å².